The van der Waals surface area contributed by atoms with Crippen molar-refractivity contribution in [2.45, 2.75) is 56.9 Å². The van der Waals surface area contributed by atoms with E-state index in [4.69, 9.17) is 28.4 Å². The van der Waals surface area contributed by atoms with Crippen molar-refractivity contribution < 1.29 is 28.4 Å². The van der Waals surface area contributed by atoms with Gasteiger partial charge in [0.25, 0.3) is 0 Å². The van der Waals surface area contributed by atoms with Crippen LogP contribution in [0, 0.1) is 0 Å². The Morgan fingerprint density at radius 1 is 1.11 bits per heavy atom. The summed E-state index contributed by atoms with van der Waals surface area (Å²) in [6.45, 7) is 12.8. The standard InChI is InChI=1S/C22H30O6/c1-5-12-23-15-17(24-13-6-2)18-19(25-14-16-10-8-7-9-11-16)20-21(26-18)28-22(3,4)27-20/h5-11,17-21H,1-2,12-15H2,3-4H3/t17-,18-,19+,20-,21-/m1/s1. The van der Waals surface area contributed by atoms with Crippen LogP contribution in [-0.4, -0.2) is 56.3 Å². The van der Waals surface area contributed by atoms with E-state index in [9.17, 15) is 0 Å². The quantitative estimate of drug-likeness (QED) is 0.427. The van der Waals surface area contributed by atoms with Crippen molar-refractivity contribution >= 4 is 0 Å². The lowest BCUT2D eigenvalue weighted by atomic mass is 10.1. The minimum absolute atomic E-state index is 0.335. The molecule has 3 rings (SSSR count). The van der Waals surface area contributed by atoms with Crippen LogP contribution in [0.5, 0.6) is 0 Å². The van der Waals surface area contributed by atoms with Gasteiger partial charge < -0.3 is 28.4 Å². The summed E-state index contributed by atoms with van der Waals surface area (Å²) in [6, 6.07) is 10.0. The lowest BCUT2D eigenvalue weighted by Gasteiger charge is -2.30. The van der Waals surface area contributed by atoms with Crippen LogP contribution in [0.4, 0.5) is 0 Å². The Labute approximate surface area is 167 Å². The first-order chi connectivity index (χ1) is 13.5. The minimum atomic E-state index is -0.717. The van der Waals surface area contributed by atoms with Gasteiger partial charge in [-0.15, -0.1) is 13.2 Å². The molecule has 1 aromatic rings. The Kier molecular flexibility index (Phi) is 7.40. The molecule has 2 aliphatic heterocycles. The lowest BCUT2D eigenvalue weighted by Crippen LogP contribution is -2.45. The molecule has 0 bridgehead atoms. The van der Waals surface area contributed by atoms with Crippen LogP contribution in [-0.2, 0) is 35.0 Å². The summed E-state index contributed by atoms with van der Waals surface area (Å²) in [7, 11) is 0. The van der Waals surface area contributed by atoms with Gasteiger partial charge >= 0.3 is 0 Å². The van der Waals surface area contributed by atoms with Gasteiger partial charge in [0, 0.05) is 0 Å². The SMILES string of the molecule is C=CCOC[C@@H](OCC=C)[C@H]1O[C@@H]2OC(C)(C)O[C@@H]2[C@H]1OCc1ccccc1. The highest BCUT2D eigenvalue weighted by Crippen LogP contribution is 2.40. The summed E-state index contributed by atoms with van der Waals surface area (Å²) in [5.41, 5.74) is 1.08. The largest absolute Gasteiger partial charge is 0.375 e. The van der Waals surface area contributed by atoms with Crippen molar-refractivity contribution in [3.63, 3.8) is 0 Å². The van der Waals surface area contributed by atoms with Gasteiger partial charge in [-0.05, 0) is 19.4 Å². The normalized spacial score (nSPS) is 29.4. The molecule has 2 fully saturated rings. The van der Waals surface area contributed by atoms with Crippen molar-refractivity contribution in [1.82, 2.24) is 0 Å². The van der Waals surface area contributed by atoms with Crippen LogP contribution >= 0.6 is 0 Å². The van der Waals surface area contributed by atoms with E-state index in [1.54, 1.807) is 12.2 Å². The molecule has 0 spiro atoms. The second-order valence-corrected chi connectivity index (χ2v) is 7.32. The van der Waals surface area contributed by atoms with Gasteiger partial charge in [-0.1, -0.05) is 42.5 Å². The molecule has 28 heavy (non-hydrogen) atoms. The first-order valence-electron chi connectivity index (χ1n) is 9.62. The van der Waals surface area contributed by atoms with E-state index in [-0.39, 0.29) is 24.4 Å². The molecule has 0 unspecified atom stereocenters. The molecule has 6 heteroatoms. The zero-order valence-corrected chi connectivity index (χ0v) is 16.6. The lowest BCUT2D eigenvalue weighted by molar-refractivity contribution is -0.236. The van der Waals surface area contributed by atoms with E-state index < -0.39 is 12.1 Å². The smallest absolute Gasteiger partial charge is 0.190 e. The highest BCUT2D eigenvalue weighted by Gasteiger charge is 2.57. The molecule has 0 radical (unpaired) electrons. The fraction of sp³-hybridized carbons (Fsp3) is 0.545. The molecule has 0 saturated carbocycles. The maximum absolute atomic E-state index is 6.26. The third kappa shape index (κ3) is 5.29. The first-order valence-corrected chi connectivity index (χ1v) is 9.62. The molecule has 0 aliphatic carbocycles. The van der Waals surface area contributed by atoms with Gasteiger partial charge in [0.15, 0.2) is 12.1 Å². The van der Waals surface area contributed by atoms with Crippen molar-refractivity contribution in [2.24, 2.45) is 0 Å². The van der Waals surface area contributed by atoms with E-state index in [1.807, 2.05) is 44.2 Å². The Morgan fingerprint density at radius 3 is 2.57 bits per heavy atom. The summed E-state index contributed by atoms with van der Waals surface area (Å²) in [5.74, 6) is -0.717. The van der Waals surface area contributed by atoms with Crippen molar-refractivity contribution in [3.05, 3.63) is 61.2 Å². The van der Waals surface area contributed by atoms with Gasteiger partial charge in [-0.2, -0.15) is 0 Å². The monoisotopic (exact) mass is 390 g/mol. The molecule has 5 atom stereocenters. The summed E-state index contributed by atoms with van der Waals surface area (Å²) in [6.07, 6.45) is 1.47. The molecule has 0 N–H and O–H groups in total. The average molecular weight is 390 g/mol. The van der Waals surface area contributed by atoms with Crippen LogP contribution in [0.15, 0.2) is 55.6 Å². The second-order valence-electron chi connectivity index (χ2n) is 7.32. The van der Waals surface area contributed by atoms with Crippen LogP contribution in [0.1, 0.15) is 19.4 Å². The number of fused-ring (bicyclic) bond motifs is 1. The van der Waals surface area contributed by atoms with Gasteiger partial charge in [0.2, 0.25) is 0 Å². The molecule has 6 nitrogen and oxygen atoms in total. The summed E-state index contributed by atoms with van der Waals surface area (Å²) >= 11 is 0. The van der Waals surface area contributed by atoms with Crippen molar-refractivity contribution in [3.8, 4) is 0 Å². The Bertz CT molecular complexity index is 631. The molecule has 154 valence electrons. The van der Waals surface area contributed by atoms with Gasteiger partial charge in [-0.3, -0.25) is 0 Å². The minimum Gasteiger partial charge on any atom is -0.375 e. The number of ether oxygens (including phenoxy) is 6. The first kappa shape index (κ1) is 21.2. The second kappa shape index (κ2) is 9.78. The molecule has 0 aromatic heterocycles. The number of benzene rings is 1. The van der Waals surface area contributed by atoms with E-state index in [0.717, 1.165) is 5.56 Å². The maximum Gasteiger partial charge on any atom is 0.190 e. The zero-order chi connectivity index (χ0) is 20.0. The Morgan fingerprint density at radius 2 is 1.86 bits per heavy atom. The molecular weight excluding hydrogens is 360 g/mol. The molecule has 2 aliphatic rings. The molecule has 1 aromatic carbocycles. The highest BCUT2D eigenvalue weighted by molar-refractivity contribution is 5.13. The topological polar surface area (TPSA) is 55.4 Å². The van der Waals surface area contributed by atoms with E-state index in [1.165, 1.54) is 0 Å². The van der Waals surface area contributed by atoms with Gasteiger partial charge in [0.1, 0.15) is 24.4 Å². The third-order valence-corrected chi connectivity index (χ3v) is 4.62. The highest BCUT2D eigenvalue weighted by atomic mass is 16.8. The predicted molar refractivity (Wildman–Crippen MR) is 105 cm³/mol. The number of hydrogen-bond donors (Lipinski definition) is 0. The van der Waals surface area contributed by atoms with E-state index in [0.29, 0.717) is 26.4 Å². The summed E-state index contributed by atoms with van der Waals surface area (Å²) in [4.78, 5) is 0. The number of rotatable bonds is 11. The van der Waals surface area contributed by atoms with E-state index in [2.05, 4.69) is 13.2 Å². The maximum atomic E-state index is 6.26. The van der Waals surface area contributed by atoms with Crippen molar-refractivity contribution in [2.75, 3.05) is 19.8 Å². The van der Waals surface area contributed by atoms with Gasteiger partial charge in [-0.25, -0.2) is 0 Å². The Hall–Kier alpha value is -1.54. The number of hydrogen-bond acceptors (Lipinski definition) is 6. The van der Waals surface area contributed by atoms with Crippen LogP contribution in [0.25, 0.3) is 0 Å². The molecule has 0 amide bonds. The predicted octanol–water partition coefficient (Wildman–Crippen LogP) is 3.22. The van der Waals surface area contributed by atoms with Crippen molar-refractivity contribution in [1.29, 1.82) is 0 Å². The van der Waals surface area contributed by atoms with Crippen LogP contribution in [0.2, 0.25) is 0 Å². The third-order valence-electron chi connectivity index (χ3n) is 4.62. The van der Waals surface area contributed by atoms with Gasteiger partial charge in [0.05, 0.1) is 26.4 Å². The summed E-state index contributed by atoms with van der Waals surface area (Å²) < 4.78 is 36.0. The molecular formula is C22H30O6. The van der Waals surface area contributed by atoms with Crippen LogP contribution in [0.3, 0.4) is 0 Å². The zero-order valence-electron chi connectivity index (χ0n) is 16.6. The van der Waals surface area contributed by atoms with Crippen LogP contribution < -0.4 is 0 Å². The fourth-order valence-corrected chi connectivity index (χ4v) is 3.46. The molecule has 2 heterocycles. The summed E-state index contributed by atoms with van der Waals surface area (Å²) in [5, 5.41) is 0. The van der Waals surface area contributed by atoms with E-state index >= 15 is 0 Å². The molecule has 2 saturated heterocycles. The fourth-order valence-electron chi connectivity index (χ4n) is 3.46. The Balaban J connectivity index is 1.73. The average Bonchev–Trinajstić information content (AvgIpc) is 3.15.